The largest absolute Gasteiger partial charge is 0.481 e. The second kappa shape index (κ2) is 9.96. The molecule has 10 heteroatoms. The summed E-state index contributed by atoms with van der Waals surface area (Å²) >= 11 is 0. The number of hydrogen-bond acceptors (Lipinski definition) is 7. The number of nitrogens with zero attached hydrogens (tertiary/aromatic N) is 3. The van der Waals surface area contributed by atoms with E-state index in [1.165, 1.54) is 4.90 Å². The number of fused-ring (bicyclic) bond motifs is 1. The van der Waals surface area contributed by atoms with Gasteiger partial charge in [-0.1, -0.05) is 12.1 Å². The predicted octanol–water partition coefficient (Wildman–Crippen LogP) is 2.86. The highest BCUT2D eigenvalue weighted by atomic mass is 16.4. The zero-order chi connectivity index (χ0) is 25.9. The number of aliphatic imine (C=N–C) groups is 1. The maximum Gasteiger partial charge on any atom is 0.305 e. The number of aromatic nitrogens is 1. The molecule has 36 heavy (non-hydrogen) atoms. The van der Waals surface area contributed by atoms with Crippen LogP contribution in [0.4, 0.5) is 17.2 Å². The highest BCUT2D eigenvalue weighted by Crippen LogP contribution is 2.37. The molecule has 1 aliphatic rings. The van der Waals surface area contributed by atoms with Gasteiger partial charge in [0, 0.05) is 35.1 Å². The molecule has 4 rings (SSSR count). The lowest BCUT2D eigenvalue weighted by Gasteiger charge is -2.24. The highest BCUT2D eigenvalue weighted by molar-refractivity contribution is 6.08. The fourth-order valence-corrected chi connectivity index (χ4v) is 3.99. The topological polar surface area (TPSA) is 171 Å². The predicted molar refractivity (Wildman–Crippen MR) is 139 cm³/mol. The van der Waals surface area contributed by atoms with Crippen molar-refractivity contribution in [3.63, 3.8) is 0 Å². The van der Waals surface area contributed by atoms with E-state index in [1.807, 2.05) is 19.1 Å². The summed E-state index contributed by atoms with van der Waals surface area (Å²) in [6, 6.07) is 17.4. The fourth-order valence-electron chi connectivity index (χ4n) is 3.99. The summed E-state index contributed by atoms with van der Waals surface area (Å²) in [4.78, 5) is 34.8. The summed E-state index contributed by atoms with van der Waals surface area (Å²) in [5, 5.41) is 19.9. The summed E-state index contributed by atoms with van der Waals surface area (Å²) in [6.07, 6.45) is 1.34. The lowest BCUT2D eigenvalue weighted by molar-refractivity contribution is -0.136. The summed E-state index contributed by atoms with van der Waals surface area (Å²) < 4.78 is 0. The van der Waals surface area contributed by atoms with E-state index in [4.69, 9.17) is 27.0 Å². The van der Waals surface area contributed by atoms with Gasteiger partial charge < -0.3 is 21.9 Å². The van der Waals surface area contributed by atoms with Gasteiger partial charge in [-0.25, -0.2) is 4.98 Å². The third-order valence-electron chi connectivity index (χ3n) is 6.04. The van der Waals surface area contributed by atoms with Crippen molar-refractivity contribution in [1.82, 2.24) is 4.98 Å². The minimum Gasteiger partial charge on any atom is -0.481 e. The number of nitrogen functional groups attached to an aromatic ring is 1. The number of carbonyl (C=O) groups is 2. The monoisotopic (exact) mass is 485 g/mol. The first-order chi connectivity index (χ1) is 17.2. The van der Waals surface area contributed by atoms with Crippen molar-refractivity contribution in [2.75, 3.05) is 23.3 Å². The summed E-state index contributed by atoms with van der Waals surface area (Å²) in [6.45, 7) is 2.23. The molecule has 2 aromatic carbocycles. The molecule has 184 valence electrons. The molecule has 1 aliphatic heterocycles. The van der Waals surface area contributed by atoms with Gasteiger partial charge in [-0.2, -0.15) is 0 Å². The number of nitrogens with two attached hydrogens (primary N) is 2. The van der Waals surface area contributed by atoms with Gasteiger partial charge in [0.15, 0.2) is 0 Å². The van der Waals surface area contributed by atoms with Gasteiger partial charge >= 0.3 is 5.97 Å². The molecule has 0 spiro atoms. The molecule has 0 radical (unpaired) electrons. The van der Waals surface area contributed by atoms with Crippen LogP contribution < -0.4 is 21.7 Å². The Morgan fingerprint density at radius 2 is 1.83 bits per heavy atom. The number of carbonyl (C=O) groups excluding carboxylic acids is 1. The van der Waals surface area contributed by atoms with Crippen molar-refractivity contribution >= 4 is 40.6 Å². The van der Waals surface area contributed by atoms with Crippen LogP contribution in [0.15, 0.2) is 71.9 Å². The molecule has 0 saturated heterocycles. The average Bonchev–Trinajstić information content (AvgIpc) is 3.12. The van der Waals surface area contributed by atoms with E-state index in [0.29, 0.717) is 34.9 Å². The summed E-state index contributed by atoms with van der Waals surface area (Å²) in [5.74, 6) is -1.00. The maximum absolute atomic E-state index is 13.4. The number of amidine groups is 1. The quantitative estimate of drug-likeness (QED) is 0.229. The number of carboxylic acid groups (broad SMARTS) is 1. The van der Waals surface area contributed by atoms with Gasteiger partial charge in [0.2, 0.25) is 0 Å². The van der Waals surface area contributed by atoms with Gasteiger partial charge in [-0.15, -0.1) is 0 Å². The van der Waals surface area contributed by atoms with E-state index < -0.39 is 11.5 Å². The van der Waals surface area contributed by atoms with Gasteiger partial charge in [0.25, 0.3) is 5.91 Å². The van der Waals surface area contributed by atoms with Gasteiger partial charge in [0.1, 0.15) is 11.7 Å². The molecular formula is C26H27N7O3. The van der Waals surface area contributed by atoms with Crippen LogP contribution in [0.25, 0.3) is 0 Å². The van der Waals surface area contributed by atoms with Crippen molar-refractivity contribution in [3.8, 4) is 0 Å². The molecule has 1 amide bonds. The van der Waals surface area contributed by atoms with Crippen LogP contribution in [0, 0.1) is 5.41 Å². The Hall–Kier alpha value is -4.57. The van der Waals surface area contributed by atoms with Gasteiger partial charge in [0.05, 0.1) is 29.9 Å². The smallest absolute Gasteiger partial charge is 0.305 e. The molecule has 10 nitrogen and oxygen atoms in total. The normalized spacial score (nSPS) is 16.1. The first kappa shape index (κ1) is 24.6. The van der Waals surface area contributed by atoms with Crippen LogP contribution in [-0.4, -0.2) is 46.6 Å². The fraction of sp³-hybridized carbons (Fsp3) is 0.192. The highest BCUT2D eigenvalue weighted by Gasteiger charge is 2.36. The lowest BCUT2D eigenvalue weighted by Crippen LogP contribution is -2.42. The van der Waals surface area contributed by atoms with E-state index >= 15 is 0 Å². The average molecular weight is 486 g/mol. The Morgan fingerprint density at radius 3 is 2.47 bits per heavy atom. The number of benzene rings is 2. The van der Waals surface area contributed by atoms with E-state index in [-0.39, 0.29) is 24.7 Å². The Balaban J connectivity index is 1.56. The third-order valence-corrected chi connectivity index (χ3v) is 6.04. The standard InChI is InChI=1S/C26H27N7O3/c1-26(29)19-10-7-17(25(36)33(13-11-23(34)35)22-4-2-3-12-30-22)14-20(19)32-21(26)15-31-18-8-5-16(6-9-18)24(27)28/h2-10,12,14,31H,11,13,15,29H2,1H3,(H3,27,28)(H,34,35). The van der Waals surface area contributed by atoms with E-state index in [1.54, 1.807) is 54.7 Å². The number of nitrogens with one attached hydrogen (secondary N) is 2. The molecule has 1 aromatic heterocycles. The number of hydrogen-bond donors (Lipinski definition) is 5. The second-order valence-electron chi connectivity index (χ2n) is 8.63. The Bertz CT molecular complexity index is 1340. The number of carboxylic acids is 1. The van der Waals surface area contributed by atoms with Crippen molar-refractivity contribution in [1.29, 1.82) is 5.41 Å². The molecule has 1 atom stereocenters. The van der Waals surface area contributed by atoms with Crippen LogP contribution in [-0.2, 0) is 10.3 Å². The number of amides is 1. The van der Waals surface area contributed by atoms with Crippen molar-refractivity contribution < 1.29 is 14.7 Å². The Kier molecular flexibility index (Phi) is 6.80. The van der Waals surface area contributed by atoms with Crippen LogP contribution in [0.5, 0.6) is 0 Å². The second-order valence-corrected chi connectivity index (χ2v) is 8.63. The van der Waals surface area contributed by atoms with Crippen molar-refractivity contribution in [2.24, 2.45) is 16.5 Å². The number of pyridine rings is 1. The molecule has 0 bridgehead atoms. The number of rotatable bonds is 9. The first-order valence-corrected chi connectivity index (χ1v) is 11.3. The minimum atomic E-state index is -1.01. The molecule has 0 saturated carbocycles. The van der Waals surface area contributed by atoms with Gasteiger partial charge in [-0.3, -0.25) is 24.9 Å². The SMILES string of the molecule is CC1(N)C(CNc2ccc(C(=N)N)cc2)=Nc2cc(C(=O)N(CCC(=O)O)c3ccccn3)ccc21. The summed E-state index contributed by atoms with van der Waals surface area (Å²) in [7, 11) is 0. The van der Waals surface area contributed by atoms with Crippen LogP contribution >= 0.6 is 0 Å². The van der Waals surface area contributed by atoms with E-state index in [0.717, 1.165) is 11.3 Å². The first-order valence-electron chi connectivity index (χ1n) is 11.3. The molecule has 0 fully saturated rings. The molecule has 2 heterocycles. The number of anilines is 2. The van der Waals surface area contributed by atoms with Crippen LogP contribution in [0.2, 0.25) is 0 Å². The Morgan fingerprint density at radius 1 is 1.11 bits per heavy atom. The van der Waals surface area contributed by atoms with Crippen molar-refractivity contribution in [3.05, 3.63) is 83.6 Å². The van der Waals surface area contributed by atoms with Gasteiger partial charge in [-0.05, 0) is 55.5 Å². The molecular weight excluding hydrogens is 458 g/mol. The van der Waals surface area contributed by atoms with Crippen LogP contribution in [0.3, 0.4) is 0 Å². The molecule has 3 aromatic rings. The van der Waals surface area contributed by atoms with E-state index in [9.17, 15) is 9.59 Å². The summed E-state index contributed by atoms with van der Waals surface area (Å²) in [5.41, 5.74) is 15.2. The molecule has 1 unspecified atom stereocenters. The zero-order valence-electron chi connectivity index (χ0n) is 19.7. The zero-order valence-corrected chi connectivity index (χ0v) is 19.7. The molecule has 0 aliphatic carbocycles. The van der Waals surface area contributed by atoms with E-state index in [2.05, 4.69) is 10.3 Å². The molecule has 7 N–H and O–H groups in total. The van der Waals surface area contributed by atoms with Crippen LogP contribution in [0.1, 0.15) is 34.8 Å². The third kappa shape index (κ3) is 5.08. The Labute approximate surface area is 208 Å². The minimum absolute atomic E-state index is 0.00150. The maximum atomic E-state index is 13.4. The number of aliphatic carboxylic acids is 1. The lowest BCUT2D eigenvalue weighted by atomic mass is 9.89. The van der Waals surface area contributed by atoms with Crippen molar-refractivity contribution in [2.45, 2.75) is 18.9 Å².